The molecule has 2 atom stereocenters. The van der Waals surface area contributed by atoms with E-state index in [1.54, 1.807) is 11.8 Å². The largest absolute Gasteiger partial charge is 0.480 e. The first kappa shape index (κ1) is 14.3. The first-order valence-corrected chi connectivity index (χ1v) is 6.87. The summed E-state index contributed by atoms with van der Waals surface area (Å²) in [5.74, 6) is -0.603. The number of hydrogen-bond acceptors (Lipinski definition) is 5. The van der Waals surface area contributed by atoms with Crippen molar-refractivity contribution in [1.29, 1.82) is 0 Å². The van der Waals surface area contributed by atoms with Crippen molar-refractivity contribution in [3.05, 3.63) is 0 Å². The molecule has 0 radical (unpaired) electrons. The normalized spacial score (nSPS) is 21.8. The Morgan fingerprint density at radius 3 is 2.94 bits per heavy atom. The fourth-order valence-electron chi connectivity index (χ4n) is 1.50. The number of hydrogen-bond donors (Lipinski definition) is 3. The summed E-state index contributed by atoms with van der Waals surface area (Å²) in [4.78, 5) is 22.7. The predicted molar refractivity (Wildman–Crippen MR) is 65.2 cm³/mol. The van der Waals surface area contributed by atoms with Crippen LogP contribution in [0, 0.1) is 0 Å². The second-order valence-electron chi connectivity index (χ2n) is 3.76. The van der Waals surface area contributed by atoms with E-state index in [0.717, 1.165) is 0 Å². The van der Waals surface area contributed by atoms with E-state index in [1.165, 1.54) is 0 Å². The van der Waals surface area contributed by atoms with Crippen LogP contribution in [0.25, 0.3) is 0 Å². The number of morpholine rings is 1. The maximum Gasteiger partial charge on any atom is 0.326 e. The fourth-order valence-corrected chi connectivity index (χ4v) is 1.97. The highest BCUT2D eigenvalue weighted by Gasteiger charge is 2.26. The third-order valence-electron chi connectivity index (χ3n) is 2.46. The minimum atomic E-state index is -0.996. The van der Waals surface area contributed by atoms with Crippen molar-refractivity contribution >= 4 is 23.6 Å². The zero-order chi connectivity index (χ0) is 12.7. The zero-order valence-corrected chi connectivity index (χ0v) is 10.6. The highest BCUT2D eigenvalue weighted by molar-refractivity contribution is 7.98. The van der Waals surface area contributed by atoms with Gasteiger partial charge in [-0.3, -0.25) is 4.79 Å². The molecule has 17 heavy (non-hydrogen) atoms. The van der Waals surface area contributed by atoms with Gasteiger partial charge in [-0.1, -0.05) is 0 Å². The molecular weight excluding hydrogens is 244 g/mol. The number of thioether (sulfide) groups is 1. The predicted octanol–water partition coefficient (Wildman–Crippen LogP) is -0.703. The van der Waals surface area contributed by atoms with Crippen LogP contribution in [0.3, 0.4) is 0 Å². The van der Waals surface area contributed by atoms with Crippen LogP contribution in [0.2, 0.25) is 0 Å². The number of carboxylic acid groups (broad SMARTS) is 1. The smallest absolute Gasteiger partial charge is 0.326 e. The maximum atomic E-state index is 11.8. The minimum Gasteiger partial charge on any atom is -0.480 e. The molecular formula is C10H18N2O4S. The molecule has 0 aromatic heterocycles. The van der Waals surface area contributed by atoms with Gasteiger partial charge in [0.25, 0.3) is 0 Å². The lowest BCUT2D eigenvalue weighted by molar-refractivity contribution is -0.142. The van der Waals surface area contributed by atoms with Crippen molar-refractivity contribution in [2.75, 3.05) is 31.8 Å². The second kappa shape index (κ2) is 7.52. The maximum absolute atomic E-state index is 11.8. The first-order valence-electron chi connectivity index (χ1n) is 5.48. The average molecular weight is 262 g/mol. The van der Waals surface area contributed by atoms with E-state index < -0.39 is 18.1 Å². The molecule has 7 heteroatoms. The monoisotopic (exact) mass is 262 g/mol. The van der Waals surface area contributed by atoms with Crippen LogP contribution in [-0.2, 0) is 14.3 Å². The summed E-state index contributed by atoms with van der Waals surface area (Å²) in [6.45, 7) is 1.49. The highest BCUT2D eigenvalue weighted by atomic mass is 32.2. The topological polar surface area (TPSA) is 87.7 Å². The van der Waals surface area contributed by atoms with Gasteiger partial charge in [-0.15, -0.1) is 0 Å². The third-order valence-corrected chi connectivity index (χ3v) is 3.11. The molecule has 0 aliphatic carbocycles. The van der Waals surface area contributed by atoms with Crippen molar-refractivity contribution < 1.29 is 19.4 Å². The van der Waals surface area contributed by atoms with Crippen LogP contribution >= 0.6 is 11.8 Å². The lowest BCUT2D eigenvalue weighted by Crippen LogP contribution is -2.54. The second-order valence-corrected chi connectivity index (χ2v) is 4.75. The molecule has 1 saturated heterocycles. The van der Waals surface area contributed by atoms with E-state index in [1.807, 2.05) is 6.26 Å². The quantitative estimate of drug-likeness (QED) is 0.586. The summed E-state index contributed by atoms with van der Waals surface area (Å²) in [5, 5.41) is 14.5. The summed E-state index contributed by atoms with van der Waals surface area (Å²) >= 11 is 1.56. The molecule has 0 aromatic carbocycles. The van der Waals surface area contributed by atoms with E-state index in [4.69, 9.17) is 9.84 Å². The molecule has 1 aliphatic heterocycles. The van der Waals surface area contributed by atoms with E-state index in [-0.39, 0.29) is 5.91 Å². The first-order chi connectivity index (χ1) is 8.15. The SMILES string of the molecule is CSCC[C@@H](NC(=O)C1COCCN1)C(=O)O. The van der Waals surface area contributed by atoms with E-state index >= 15 is 0 Å². The molecule has 1 amide bonds. The molecule has 0 bridgehead atoms. The third kappa shape index (κ3) is 4.93. The van der Waals surface area contributed by atoms with E-state index in [2.05, 4.69) is 10.6 Å². The van der Waals surface area contributed by atoms with Gasteiger partial charge < -0.3 is 20.5 Å². The van der Waals surface area contributed by atoms with Gasteiger partial charge in [0, 0.05) is 6.54 Å². The Balaban J connectivity index is 2.42. The highest BCUT2D eigenvalue weighted by Crippen LogP contribution is 2.02. The van der Waals surface area contributed by atoms with Gasteiger partial charge in [-0.2, -0.15) is 11.8 Å². The molecule has 3 N–H and O–H groups in total. The van der Waals surface area contributed by atoms with Gasteiger partial charge in [0.1, 0.15) is 12.1 Å². The number of carboxylic acids is 1. The Hall–Kier alpha value is -0.790. The van der Waals surface area contributed by atoms with Crippen LogP contribution < -0.4 is 10.6 Å². The Bertz CT molecular complexity index is 269. The van der Waals surface area contributed by atoms with Crippen molar-refractivity contribution in [2.45, 2.75) is 18.5 Å². The number of ether oxygens (including phenoxy) is 1. The number of amides is 1. The van der Waals surface area contributed by atoms with Gasteiger partial charge >= 0.3 is 5.97 Å². The molecule has 0 spiro atoms. The molecule has 1 unspecified atom stereocenters. The van der Waals surface area contributed by atoms with Crippen molar-refractivity contribution in [3.63, 3.8) is 0 Å². The molecule has 1 heterocycles. The lowest BCUT2D eigenvalue weighted by atomic mass is 10.2. The Morgan fingerprint density at radius 2 is 2.41 bits per heavy atom. The van der Waals surface area contributed by atoms with Crippen LogP contribution in [0.5, 0.6) is 0 Å². The average Bonchev–Trinajstić information content (AvgIpc) is 2.35. The fraction of sp³-hybridized carbons (Fsp3) is 0.800. The minimum absolute atomic E-state index is 0.292. The summed E-state index contributed by atoms with van der Waals surface area (Å²) in [7, 11) is 0. The van der Waals surface area contributed by atoms with Gasteiger partial charge in [0.05, 0.1) is 13.2 Å². The Kier molecular flexibility index (Phi) is 6.31. The summed E-state index contributed by atoms with van der Waals surface area (Å²) in [6.07, 6.45) is 2.33. The molecule has 1 aliphatic rings. The van der Waals surface area contributed by atoms with Gasteiger partial charge in [-0.25, -0.2) is 4.79 Å². The number of rotatable bonds is 6. The van der Waals surface area contributed by atoms with Gasteiger partial charge in [0.15, 0.2) is 0 Å². The zero-order valence-electron chi connectivity index (χ0n) is 9.77. The molecule has 0 saturated carbocycles. The Morgan fingerprint density at radius 1 is 1.65 bits per heavy atom. The molecule has 1 rings (SSSR count). The van der Waals surface area contributed by atoms with Crippen molar-refractivity contribution in [1.82, 2.24) is 10.6 Å². The molecule has 0 aromatic rings. The van der Waals surface area contributed by atoms with Gasteiger partial charge in [0.2, 0.25) is 5.91 Å². The van der Waals surface area contributed by atoms with Crippen LogP contribution in [-0.4, -0.2) is 60.8 Å². The van der Waals surface area contributed by atoms with Crippen molar-refractivity contribution in [2.24, 2.45) is 0 Å². The van der Waals surface area contributed by atoms with Crippen LogP contribution in [0.15, 0.2) is 0 Å². The Labute approximate surface area is 104 Å². The summed E-state index contributed by atoms with van der Waals surface area (Å²) in [6, 6.07) is -1.27. The van der Waals surface area contributed by atoms with E-state index in [0.29, 0.717) is 31.9 Å². The number of carbonyl (C=O) groups is 2. The summed E-state index contributed by atoms with van der Waals surface area (Å²) < 4.78 is 5.15. The van der Waals surface area contributed by atoms with E-state index in [9.17, 15) is 9.59 Å². The molecule has 6 nitrogen and oxygen atoms in total. The van der Waals surface area contributed by atoms with Crippen LogP contribution in [0.1, 0.15) is 6.42 Å². The number of aliphatic carboxylic acids is 1. The summed E-state index contributed by atoms with van der Waals surface area (Å²) in [5.41, 5.74) is 0. The molecule has 98 valence electrons. The number of nitrogens with one attached hydrogen (secondary N) is 2. The van der Waals surface area contributed by atoms with Crippen LogP contribution in [0.4, 0.5) is 0 Å². The molecule has 1 fully saturated rings. The van der Waals surface area contributed by atoms with Crippen molar-refractivity contribution in [3.8, 4) is 0 Å². The number of carbonyl (C=O) groups excluding carboxylic acids is 1. The standard InChI is InChI=1S/C10H18N2O4S/c1-17-5-2-7(10(14)15)12-9(13)8-6-16-4-3-11-8/h7-8,11H,2-6H2,1H3,(H,12,13)(H,14,15)/t7-,8?/m1/s1. The lowest BCUT2D eigenvalue weighted by Gasteiger charge is -2.24. The van der Waals surface area contributed by atoms with Gasteiger partial charge in [-0.05, 0) is 18.4 Å².